The first-order valence-electron chi connectivity index (χ1n) is 4.92. The lowest BCUT2D eigenvalue weighted by Crippen LogP contribution is -2.51. The van der Waals surface area contributed by atoms with Gasteiger partial charge in [0.15, 0.2) is 0 Å². The minimum absolute atomic E-state index is 0.0137. The normalized spacial score (nSPS) is 47.0. The van der Waals surface area contributed by atoms with E-state index in [-0.39, 0.29) is 5.41 Å². The predicted octanol–water partition coefficient (Wildman–Crippen LogP) is 1.29. The van der Waals surface area contributed by atoms with E-state index in [0.717, 1.165) is 12.8 Å². The van der Waals surface area contributed by atoms with E-state index in [2.05, 4.69) is 26.1 Å². The first-order valence-corrected chi connectivity index (χ1v) is 4.92. The van der Waals surface area contributed by atoms with Gasteiger partial charge in [-0.1, -0.05) is 20.8 Å². The van der Waals surface area contributed by atoms with E-state index in [1.54, 1.807) is 0 Å². The Morgan fingerprint density at radius 3 is 2.25 bits per heavy atom. The number of nitrogens with one attached hydrogen (secondary N) is 1. The Labute approximate surface area is 74.4 Å². The Morgan fingerprint density at radius 1 is 1.33 bits per heavy atom. The van der Waals surface area contributed by atoms with Crippen molar-refractivity contribution in [3.05, 3.63) is 0 Å². The molecule has 2 bridgehead atoms. The molecule has 0 radical (unpaired) electrons. The molecule has 0 aromatic rings. The van der Waals surface area contributed by atoms with Crippen LogP contribution in [0.15, 0.2) is 0 Å². The quantitative estimate of drug-likeness (QED) is 0.572. The van der Waals surface area contributed by atoms with E-state index >= 15 is 0 Å². The van der Waals surface area contributed by atoms with Gasteiger partial charge < -0.3 is 10.4 Å². The van der Waals surface area contributed by atoms with Gasteiger partial charge >= 0.3 is 0 Å². The standard InChI is InChI=1S/C10H19NO/c1-9(2,3)10(12)6-7-4-5-8(10)11-7/h7-8,11-12H,4-6H2,1-3H3/t7-,8+,10+/m0/s1. The second-order valence-electron chi connectivity index (χ2n) is 5.37. The Hall–Kier alpha value is -0.0800. The summed E-state index contributed by atoms with van der Waals surface area (Å²) in [6.07, 6.45) is 3.35. The molecule has 2 rings (SSSR count). The summed E-state index contributed by atoms with van der Waals surface area (Å²) in [5.41, 5.74) is -0.449. The van der Waals surface area contributed by atoms with Crippen LogP contribution >= 0.6 is 0 Å². The molecule has 0 unspecified atom stereocenters. The van der Waals surface area contributed by atoms with Gasteiger partial charge in [-0.15, -0.1) is 0 Å². The molecular formula is C10H19NO. The Bertz CT molecular complexity index is 197. The highest BCUT2D eigenvalue weighted by molar-refractivity contribution is 5.12. The molecule has 3 atom stereocenters. The monoisotopic (exact) mass is 169 g/mol. The van der Waals surface area contributed by atoms with Crippen LogP contribution in [-0.4, -0.2) is 22.8 Å². The SMILES string of the molecule is CC(C)(C)[C@@]1(O)C[C@@H]2CC[C@H]1N2. The third-order valence-corrected chi connectivity index (χ3v) is 3.67. The first kappa shape index (κ1) is 8.52. The molecule has 0 saturated carbocycles. The Kier molecular flexibility index (Phi) is 1.59. The third kappa shape index (κ3) is 0.944. The van der Waals surface area contributed by atoms with Gasteiger partial charge in [0.05, 0.1) is 5.60 Å². The molecule has 0 spiro atoms. The maximum atomic E-state index is 10.5. The van der Waals surface area contributed by atoms with Crippen LogP contribution in [0, 0.1) is 5.41 Å². The summed E-state index contributed by atoms with van der Waals surface area (Å²) in [5.74, 6) is 0. The molecule has 12 heavy (non-hydrogen) atoms. The highest BCUT2D eigenvalue weighted by atomic mass is 16.3. The molecule has 0 aromatic heterocycles. The van der Waals surface area contributed by atoms with Gasteiger partial charge in [0.2, 0.25) is 0 Å². The number of fused-ring (bicyclic) bond motifs is 2. The Balaban J connectivity index is 2.23. The zero-order valence-corrected chi connectivity index (χ0v) is 8.22. The van der Waals surface area contributed by atoms with Crippen molar-refractivity contribution < 1.29 is 5.11 Å². The summed E-state index contributed by atoms with van der Waals surface area (Å²) < 4.78 is 0. The fourth-order valence-electron chi connectivity index (χ4n) is 2.70. The molecule has 2 heteroatoms. The van der Waals surface area contributed by atoms with Gasteiger partial charge in [-0.05, 0) is 24.7 Å². The van der Waals surface area contributed by atoms with Crippen molar-refractivity contribution in [2.45, 2.75) is 57.7 Å². The number of hydrogen-bond acceptors (Lipinski definition) is 2. The van der Waals surface area contributed by atoms with Gasteiger partial charge in [-0.2, -0.15) is 0 Å². The van der Waals surface area contributed by atoms with Crippen molar-refractivity contribution >= 4 is 0 Å². The molecule has 2 heterocycles. The summed E-state index contributed by atoms with van der Waals surface area (Å²) >= 11 is 0. The highest BCUT2D eigenvalue weighted by Crippen LogP contribution is 2.46. The minimum Gasteiger partial charge on any atom is -0.388 e. The van der Waals surface area contributed by atoms with Crippen molar-refractivity contribution in [1.82, 2.24) is 5.32 Å². The zero-order valence-electron chi connectivity index (χ0n) is 8.22. The van der Waals surface area contributed by atoms with Crippen LogP contribution in [0.3, 0.4) is 0 Å². The lowest BCUT2D eigenvalue weighted by atomic mass is 9.68. The minimum atomic E-state index is -0.462. The van der Waals surface area contributed by atoms with E-state index in [4.69, 9.17) is 0 Å². The average Bonchev–Trinajstić information content (AvgIpc) is 2.43. The third-order valence-electron chi connectivity index (χ3n) is 3.67. The Morgan fingerprint density at radius 2 is 2.00 bits per heavy atom. The fraction of sp³-hybridized carbons (Fsp3) is 1.00. The summed E-state index contributed by atoms with van der Waals surface area (Å²) in [7, 11) is 0. The maximum absolute atomic E-state index is 10.5. The molecule has 2 saturated heterocycles. The van der Waals surface area contributed by atoms with E-state index in [9.17, 15) is 5.11 Å². The zero-order chi connectivity index (χ0) is 8.98. The van der Waals surface area contributed by atoms with Gasteiger partial charge in [0.1, 0.15) is 0 Å². The predicted molar refractivity (Wildman–Crippen MR) is 49.0 cm³/mol. The van der Waals surface area contributed by atoms with Crippen molar-refractivity contribution in [1.29, 1.82) is 0 Å². The average molecular weight is 169 g/mol. The number of rotatable bonds is 0. The van der Waals surface area contributed by atoms with Crippen LogP contribution in [0.4, 0.5) is 0 Å². The topological polar surface area (TPSA) is 32.3 Å². The molecular weight excluding hydrogens is 150 g/mol. The molecule has 0 aliphatic carbocycles. The second-order valence-corrected chi connectivity index (χ2v) is 5.37. The molecule has 70 valence electrons. The highest BCUT2D eigenvalue weighted by Gasteiger charge is 2.55. The van der Waals surface area contributed by atoms with Gasteiger partial charge in [0, 0.05) is 12.1 Å². The summed E-state index contributed by atoms with van der Waals surface area (Å²) in [6, 6.07) is 0.932. The summed E-state index contributed by atoms with van der Waals surface area (Å²) in [4.78, 5) is 0. The lowest BCUT2D eigenvalue weighted by Gasteiger charge is -2.42. The van der Waals surface area contributed by atoms with Gasteiger partial charge in [0.25, 0.3) is 0 Å². The number of hydrogen-bond donors (Lipinski definition) is 2. The summed E-state index contributed by atoms with van der Waals surface area (Å²) in [6.45, 7) is 6.40. The van der Waals surface area contributed by atoms with Crippen LogP contribution < -0.4 is 5.32 Å². The van der Waals surface area contributed by atoms with Gasteiger partial charge in [-0.25, -0.2) is 0 Å². The number of aliphatic hydroxyl groups is 1. The van der Waals surface area contributed by atoms with Crippen molar-refractivity contribution in [3.8, 4) is 0 Å². The molecule has 2 nitrogen and oxygen atoms in total. The smallest absolute Gasteiger partial charge is 0.0862 e. The van der Waals surface area contributed by atoms with E-state index < -0.39 is 5.60 Å². The molecule has 2 fully saturated rings. The fourth-order valence-corrected chi connectivity index (χ4v) is 2.70. The molecule has 0 amide bonds. The molecule has 2 N–H and O–H groups in total. The van der Waals surface area contributed by atoms with E-state index in [0.29, 0.717) is 12.1 Å². The first-order chi connectivity index (χ1) is 5.43. The van der Waals surface area contributed by atoms with E-state index in [1.165, 1.54) is 6.42 Å². The van der Waals surface area contributed by atoms with Crippen molar-refractivity contribution in [2.75, 3.05) is 0 Å². The van der Waals surface area contributed by atoms with Crippen molar-refractivity contribution in [3.63, 3.8) is 0 Å². The van der Waals surface area contributed by atoms with Crippen LogP contribution in [-0.2, 0) is 0 Å². The largest absolute Gasteiger partial charge is 0.388 e. The van der Waals surface area contributed by atoms with Crippen LogP contribution in [0.25, 0.3) is 0 Å². The van der Waals surface area contributed by atoms with Crippen LogP contribution in [0.2, 0.25) is 0 Å². The van der Waals surface area contributed by atoms with Gasteiger partial charge in [-0.3, -0.25) is 0 Å². The van der Waals surface area contributed by atoms with Crippen molar-refractivity contribution in [2.24, 2.45) is 5.41 Å². The lowest BCUT2D eigenvalue weighted by molar-refractivity contribution is -0.0752. The molecule has 2 aliphatic heterocycles. The maximum Gasteiger partial charge on any atom is 0.0862 e. The van der Waals surface area contributed by atoms with Crippen LogP contribution in [0.1, 0.15) is 40.0 Å². The molecule has 2 aliphatic rings. The van der Waals surface area contributed by atoms with E-state index in [1.807, 2.05) is 0 Å². The second kappa shape index (κ2) is 2.24. The van der Waals surface area contributed by atoms with Crippen LogP contribution in [0.5, 0.6) is 0 Å². The summed E-state index contributed by atoms with van der Waals surface area (Å²) in [5, 5.41) is 13.9. The molecule has 0 aromatic carbocycles.